The van der Waals surface area contributed by atoms with Crippen molar-refractivity contribution in [3.8, 4) is 0 Å². The van der Waals surface area contributed by atoms with Gasteiger partial charge in [0.25, 0.3) is 0 Å². The molecular formula is C19H23ClN4O4S. The number of amides is 3. The van der Waals surface area contributed by atoms with E-state index in [1.807, 2.05) is 0 Å². The van der Waals surface area contributed by atoms with Gasteiger partial charge in [-0.1, -0.05) is 24.4 Å². The van der Waals surface area contributed by atoms with Gasteiger partial charge in [0, 0.05) is 31.4 Å². The van der Waals surface area contributed by atoms with Crippen LogP contribution in [0.5, 0.6) is 0 Å². The number of carbonyl (C=O) groups is 2. The van der Waals surface area contributed by atoms with E-state index < -0.39 is 6.03 Å². The lowest BCUT2D eigenvalue weighted by molar-refractivity contribution is -0.114. The molecule has 0 saturated carbocycles. The number of carbonyl (C=O) groups excluding carboxylic acids is 2. The Morgan fingerprint density at radius 3 is 2.10 bits per heavy atom. The monoisotopic (exact) mass is 438 g/mol. The average Bonchev–Trinajstić information content (AvgIpc) is 2.67. The fourth-order valence-corrected chi connectivity index (χ4v) is 3.10. The summed E-state index contributed by atoms with van der Waals surface area (Å²) in [5.74, 6) is -0.185. The van der Waals surface area contributed by atoms with Gasteiger partial charge in [0.15, 0.2) is 0 Å². The number of hydrogen-bond acceptors (Lipinski definition) is 6. The Balaban J connectivity index is 2.07. The van der Waals surface area contributed by atoms with Crippen molar-refractivity contribution in [1.29, 1.82) is 0 Å². The van der Waals surface area contributed by atoms with Gasteiger partial charge < -0.3 is 25.7 Å². The van der Waals surface area contributed by atoms with Crippen molar-refractivity contribution < 1.29 is 19.8 Å². The average molecular weight is 439 g/mol. The van der Waals surface area contributed by atoms with Gasteiger partial charge in [0.1, 0.15) is 0 Å². The second-order valence-corrected chi connectivity index (χ2v) is 6.88. The lowest BCUT2D eigenvalue weighted by Gasteiger charge is -2.24. The molecule has 0 radical (unpaired) electrons. The summed E-state index contributed by atoms with van der Waals surface area (Å²) >= 11 is 10.5. The molecule has 0 heterocycles. The highest BCUT2D eigenvalue weighted by Crippen LogP contribution is 2.29. The van der Waals surface area contributed by atoms with Gasteiger partial charge in [0.2, 0.25) is 5.91 Å². The summed E-state index contributed by atoms with van der Waals surface area (Å²) in [4.78, 5) is 25.3. The van der Waals surface area contributed by atoms with E-state index in [2.05, 4.69) is 23.4 Å². The molecule has 0 atom stereocenters. The topological polar surface area (TPSA) is 105 Å². The van der Waals surface area contributed by atoms with Crippen LogP contribution in [-0.2, 0) is 4.79 Å². The molecule has 156 valence electrons. The molecule has 2 rings (SSSR count). The predicted molar refractivity (Wildman–Crippen MR) is 119 cm³/mol. The number of rotatable bonds is 8. The number of benzene rings is 2. The molecule has 0 bridgehead atoms. The standard InChI is InChI=1S/C19H23ClN4O4S/c1-13(27)21-14-2-5-16(6-3-14)24(29)19(28)22-15-4-7-18(17(20)12-15)23(8-10-25)9-11-26/h2-7,12,25-26,29H,8-11H2,1H3,(H,21,27)(H,22,28). The van der Waals surface area contributed by atoms with E-state index in [9.17, 15) is 9.59 Å². The van der Waals surface area contributed by atoms with Crippen LogP contribution in [0.15, 0.2) is 42.5 Å². The summed E-state index contributed by atoms with van der Waals surface area (Å²) in [7, 11) is 0. The van der Waals surface area contributed by atoms with Crippen molar-refractivity contribution in [1.82, 2.24) is 0 Å². The molecule has 0 aromatic heterocycles. The molecule has 0 aliphatic carbocycles. The van der Waals surface area contributed by atoms with Crippen LogP contribution in [0.1, 0.15) is 6.92 Å². The van der Waals surface area contributed by atoms with Crippen molar-refractivity contribution in [2.75, 3.05) is 46.1 Å². The molecular weight excluding hydrogens is 416 g/mol. The van der Waals surface area contributed by atoms with E-state index in [0.29, 0.717) is 40.9 Å². The summed E-state index contributed by atoms with van der Waals surface area (Å²) in [5.41, 5.74) is 2.23. The smallest absolute Gasteiger partial charge is 0.336 e. The van der Waals surface area contributed by atoms with Gasteiger partial charge in [0.05, 0.1) is 29.6 Å². The summed E-state index contributed by atoms with van der Waals surface area (Å²) in [6.45, 7) is 1.90. The minimum Gasteiger partial charge on any atom is -0.395 e. The first-order valence-corrected chi connectivity index (χ1v) is 9.57. The summed E-state index contributed by atoms with van der Waals surface area (Å²) in [5, 5.41) is 24.0. The third-order valence-electron chi connectivity index (χ3n) is 3.90. The molecule has 2 aromatic rings. The fraction of sp³-hybridized carbons (Fsp3) is 0.263. The van der Waals surface area contributed by atoms with E-state index in [4.69, 9.17) is 21.8 Å². The highest BCUT2D eigenvalue weighted by Gasteiger charge is 2.15. The van der Waals surface area contributed by atoms with Gasteiger partial charge in [-0.15, -0.1) is 0 Å². The fourth-order valence-electron chi connectivity index (χ4n) is 2.62. The predicted octanol–water partition coefficient (Wildman–Crippen LogP) is 2.97. The first kappa shape index (κ1) is 22.8. The lowest BCUT2D eigenvalue weighted by atomic mass is 10.2. The zero-order valence-corrected chi connectivity index (χ0v) is 17.5. The maximum atomic E-state index is 12.5. The van der Waals surface area contributed by atoms with Crippen molar-refractivity contribution in [3.05, 3.63) is 47.5 Å². The third kappa shape index (κ3) is 6.53. The van der Waals surface area contributed by atoms with E-state index in [-0.39, 0.29) is 19.1 Å². The third-order valence-corrected chi connectivity index (χ3v) is 4.62. The molecule has 0 aliphatic rings. The number of urea groups is 1. The van der Waals surface area contributed by atoms with Crippen LogP contribution >= 0.6 is 24.4 Å². The normalized spacial score (nSPS) is 10.4. The number of hydrogen-bond donors (Lipinski definition) is 5. The van der Waals surface area contributed by atoms with Crippen molar-refractivity contribution in [2.24, 2.45) is 0 Å². The molecule has 0 fully saturated rings. The minimum absolute atomic E-state index is 0.0792. The molecule has 0 aliphatic heterocycles. The molecule has 3 amide bonds. The van der Waals surface area contributed by atoms with Crippen LogP contribution in [0.4, 0.5) is 27.5 Å². The largest absolute Gasteiger partial charge is 0.395 e. The number of halogens is 1. The van der Waals surface area contributed by atoms with Crippen molar-refractivity contribution >= 4 is 59.1 Å². The molecule has 8 nitrogen and oxygen atoms in total. The Morgan fingerprint density at radius 2 is 1.59 bits per heavy atom. The summed E-state index contributed by atoms with van der Waals surface area (Å²) in [6, 6.07) is 11.1. The van der Waals surface area contributed by atoms with Crippen LogP contribution in [0.25, 0.3) is 0 Å². The summed E-state index contributed by atoms with van der Waals surface area (Å²) in [6.07, 6.45) is 0. The Bertz CT molecular complexity index is 845. The number of aliphatic hydroxyl groups excluding tert-OH is 2. The number of nitrogens with one attached hydrogen (secondary N) is 2. The Kier molecular flexibility index (Phi) is 8.59. The van der Waals surface area contributed by atoms with Crippen LogP contribution in [0.2, 0.25) is 5.02 Å². The second kappa shape index (κ2) is 10.9. The number of thiol groups is 1. The number of aliphatic hydroxyl groups is 2. The highest BCUT2D eigenvalue weighted by atomic mass is 35.5. The van der Waals surface area contributed by atoms with Gasteiger partial charge in [-0.2, -0.15) is 0 Å². The Hall–Kier alpha value is -2.46. The maximum Gasteiger partial charge on any atom is 0.336 e. The van der Waals surface area contributed by atoms with E-state index in [0.717, 1.165) is 4.31 Å². The zero-order valence-electron chi connectivity index (χ0n) is 15.8. The van der Waals surface area contributed by atoms with Crippen molar-refractivity contribution in [2.45, 2.75) is 6.92 Å². The minimum atomic E-state index is -0.494. The molecule has 0 unspecified atom stereocenters. The molecule has 4 N–H and O–H groups in total. The SMILES string of the molecule is CC(=O)Nc1ccc(N(S)C(=O)Nc2ccc(N(CCO)CCO)c(Cl)c2)cc1. The highest BCUT2D eigenvalue weighted by molar-refractivity contribution is 7.82. The molecule has 0 saturated heterocycles. The second-order valence-electron chi connectivity index (χ2n) is 6.07. The Labute approximate surface area is 179 Å². The molecule has 2 aromatic carbocycles. The number of anilines is 4. The van der Waals surface area contributed by atoms with Crippen LogP contribution in [-0.4, -0.2) is 48.5 Å². The maximum absolute atomic E-state index is 12.5. The van der Waals surface area contributed by atoms with E-state index >= 15 is 0 Å². The molecule has 29 heavy (non-hydrogen) atoms. The van der Waals surface area contributed by atoms with E-state index in [1.54, 1.807) is 47.4 Å². The summed E-state index contributed by atoms with van der Waals surface area (Å²) < 4.78 is 1.13. The molecule has 10 heteroatoms. The Morgan fingerprint density at radius 1 is 1.00 bits per heavy atom. The lowest BCUT2D eigenvalue weighted by Crippen LogP contribution is -2.30. The number of nitrogens with zero attached hydrogens (tertiary/aromatic N) is 2. The van der Waals surface area contributed by atoms with Gasteiger partial charge in [-0.25, -0.2) is 9.10 Å². The van der Waals surface area contributed by atoms with Gasteiger partial charge >= 0.3 is 6.03 Å². The molecule has 0 spiro atoms. The van der Waals surface area contributed by atoms with Crippen molar-refractivity contribution in [3.63, 3.8) is 0 Å². The van der Waals surface area contributed by atoms with Gasteiger partial charge in [-0.05, 0) is 42.5 Å². The van der Waals surface area contributed by atoms with Gasteiger partial charge in [-0.3, -0.25) is 4.79 Å². The van der Waals surface area contributed by atoms with Crippen LogP contribution < -0.4 is 19.8 Å². The van der Waals surface area contributed by atoms with E-state index in [1.165, 1.54) is 6.92 Å². The zero-order chi connectivity index (χ0) is 21.4. The quantitative estimate of drug-likeness (QED) is 0.407. The van der Waals surface area contributed by atoms with Crippen LogP contribution in [0.3, 0.4) is 0 Å². The first-order valence-electron chi connectivity index (χ1n) is 8.79. The van der Waals surface area contributed by atoms with Crippen LogP contribution in [0, 0.1) is 0 Å². The first-order chi connectivity index (χ1) is 13.8.